The standard InChI is InChI=1S/C23H23BrCl2N2O6/c1-2-7-27-18(30)13-5-4-12-14(16(13)19(27)31)8-22(25)20(32)28(10-24)21(33)23(22,26)17(12)15-6-3-11(9-29)34-15/h3-4,6,13-14,16-17,29H,2,5,7-10H2,1H3. The number of imide groups is 2. The summed E-state index contributed by atoms with van der Waals surface area (Å²) >= 11 is 17.3. The van der Waals surface area contributed by atoms with Gasteiger partial charge in [-0.15, -0.1) is 23.2 Å². The lowest BCUT2D eigenvalue weighted by molar-refractivity contribution is -0.141. The van der Waals surface area contributed by atoms with Gasteiger partial charge in [-0.2, -0.15) is 0 Å². The number of rotatable bonds is 5. The van der Waals surface area contributed by atoms with Gasteiger partial charge < -0.3 is 9.52 Å². The van der Waals surface area contributed by atoms with Crippen molar-refractivity contribution in [1.82, 2.24) is 9.80 Å². The lowest BCUT2D eigenvalue weighted by Crippen LogP contribution is -2.60. The molecule has 0 spiro atoms. The third-order valence-corrected chi connectivity index (χ3v) is 9.59. The van der Waals surface area contributed by atoms with E-state index in [2.05, 4.69) is 15.9 Å². The minimum absolute atomic E-state index is 0.0534. The van der Waals surface area contributed by atoms with Crippen molar-refractivity contribution in [2.24, 2.45) is 17.8 Å². The number of amides is 4. The van der Waals surface area contributed by atoms with Crippen LogP contribution >= 0.6 is 39.1 Å². The molecule has 1 aromatic rings. The maximum absolute atomic E-state index is 13.5. The maximum Gasteiger partial charge on any atom is 0.254 e. The summed E-state index contributed by atoms with van der Waals surface area (Å²) in [4.78, 5) is 51.9. The van der Waals surface area contributed by atoms with E-state index in [1.165, 1.54) is 4.90 Å². The fourth-order valence-corrected chi connectivity index (χ4v) is 7.62. The average Bonchev–Trinajstić information content (AvgIpc) is 3.42. The Morgan fingerprint density at radius 2 is 1.85 bits per heavy atom. The van der Waals surface area contributed by atoms with Gasteiger partial charge in [0.25, 0.3) is 11.8 Å². The van der Waals surface area contributed by atoms with Crippen LogP contribution in [-0.2, 0) is 25.8 Å². The molecule has 3 fully saturated rings. The molecule has 34 heavy (non-hydrogen) atoms. The van der Waals surface area contributed by atoms with Gasteiger partial charge in [-0.25, -0.2) is 0 Å². The Morgan fingerprint density at radius 1 is 1.12 bits per heavy atom. The highest BCUT2D eigenvalue weighted by Gasteiger charge is 2.76. The maximum atomic E-state index is 13.5. The second-order valence-electron chi connectivity index (χ2n) is 9.28. The van der Waals surface area contributed by atoms with Crippen molar-refractivity contribution in [3.05, 3.63) is 35.3 Å². The summed E-state index contributed by atoms with van der Waals surface area (Å²) in [5, 5.41) is 9.53. The topological polar surface area (TPSA) is 108 Å². The van der Waals surface area contributed by atoms with Gasteiger partial charge in [0, 0.05) is 6.54 Å². The molecule has 8 nitrogen and oxygen atoms in total. The zero-order valence-electron chi connectivity index (χ0n) is 18.3. The molecule has 4 aliphatic rings. The molecule has 6 atom stereocenters. The molecule has 3 heterocycles. The number of fused-ring (bicyclic) bond motifs is 4. The number of furan rings is 1. The predicted octanol–water partition coefficient (Wildman–Crippen LogP) is 2.89. The molecule has 1 aromatic heterocycles. The molecule has 2 aliphatic carbocycles. The van der Waals surface area contributed by atoms with Gasteiger partial charge in [0.15, 0.2) is 9.75 Å². The molecular weight excluding hydrogens is 551 g/mol. The van der Waals surface area contributed by atoms with Crippen molar-refractivity contribution in [3.8, 4) is 0 Å². The van der Waals surface area contributed by atoms with Crippen LogP contribution in [0.4, 0.5) is 0 Å². The molecule has 1 N–H and O–H groups in total. The number of aliphatic hydroxyl groups is 1. The molecule has 6 unspecified atom stereocenters. The van der Waals surface area contributed by atoms with Crippen LogP contribution in [0.3, 0.4) is 0 Å². The van der Waals surface area contributed by atoms with Gasteiger partial charge >= 0.3 is 0 Å². The summed E-state index contributed by atoms with van der Waals surface area (Å²) in [6, 6.07) is 3.17. The van der Waals surface area contributed by atoms with E-state index in [9.17, 15) is 24.3 Å². The number of carbonyl (C=O) groups excluding carboxylic acids is 4. The number of allylic oxidation sites excluding steroid dienone is 2. The summed E-state index contributed by atoms with van der Waals surface area (Å²) in [6.45, 7) is 1.86. The first-order valence-corrected chi connectivity index (χ1v) is 13.1. The third-order valence-electron chi connectivity index (χ3n) is 7.68. The Hall–Kier alpha value is -1.68. The quantitative estimate of drug-likeness (QED) is 0.251. The number of hydrogen-bond donors (Lipinski definition) is 1. The van der Waals surface area contributed by atoms with Gasteiger partial charge in [-0.05, 0) is 37.3 Å². The van der Waals surface area contributed by atoms with Gasteiger partial charge in [0.05, 0.1) is 23.2 Å². The molecule has 2 saturated heterocycles. The summed E-state index contributed by atoms with van der Waals surface area (Å²) in [5.74, 6) is -4.00. The van der Waals surface area contributed by atoms with E-state index in [1.54, 1.807) is 12.1 Å². The summed E-state index contributed by atoms with van der Waals surface area (Å²) in [5.41, 5.74) is 0.584. The SMILES string of the molecule is CCCN1C(=O)C2CC=C3C(CC4(Cl)C(=O)N(CBr)C(=O)C4(Cl)C3c3ccc(CO)o3)C2C1=O. The van der Waals surface area contributed by atoms with Crippen molar-refractivity contribution >= 4 is 62.8 Å². The molecule has 0 radical (unpaired) electrons. The van der Waals surface area contributed by atoms with Crippen LogP contribution in [0.2, 0.25) is 0 Å². The summed E-state index contributed by atoms with van der Waals surface area (Å²) in [7, 11) is 0. The van der Waals surface area contributed by atoms with Crippen molar-refractivity contribution in [3.63, 3.8) is 0 Å². The molecule has 2 aliphatic heterocycles. The predicted molar refractivity (Wildman–Crippen MR) is 125 cm³/mol. The number of alkyl halides is 3. The average molecular weight is 574 g/mol. The molecule has 1 saturated carbocycles. The Kier molecular flexibility index (Phi) is 5.78. The van der Waals surface area contributed by atoms with Gasteiger partial charge in [-0.3, -0.25) is 29.0 Å². The molecule has 4 amide bonds. The summed E-state index contributed by atoms with van der Waals surface area (Å²) < 4.78 is 5.82. The van der Waals surface area contributed by atoms with Crippen LogP contribution in [0.1, 0.15) is 43.6 Å². The molecule has 5 rings (SSSR count). The molecular formula is C23H23BrCl2N2O6. The van der Waals surface area contributed by atoms with Crippen LogP contribution in [0.5, 0.6) is 0 Å². The lowest BCUT2D eigenvalue weighted by Gasteiger charge is -2.49. The second-order valence-corrected chi connectivity index (χ2v) is 11.0. The van der Waals surface area contributed by atoms with Crippen LogP contribution < -0.4 is 0 Å². The van der Waals surface area contributed by atoms with E-state index in [1.807, 2.05) is 13.0 Å². The van der Waals surface area contributed by atoms with Crippen molar-refractivity contribution in [2.75, 3.05) is 12.0 Å². The first-order chi connectivity index (χ1) is 16.1. The van der Waals surface area contributed by atoms with Crippen molar-refractivity contribution < 1.29 is 28.7 Å². The Morgan fingerprint density at radius 3 is 2.47 bits per heavy atom. The number of halogens is 3. The highest BCUT2D eigenvalue weighted by atomic mass is 79.9. The smallest absolute Gasteiger partial charge is 0.254 e. The van der Waals surface area contributed by atoms with Gasteiger partial charge in [0.1, 0.15) is 18.1 Å². The van der Waals surface area contributed by atoms with Gasteiger partial charge in [-0.1, -0.05) is 34.5 Å². The van der Waals surface area contributed by atoms with Crippen LogP contribution in [0.25, 0.3) is 0 Å². The van der Waals surface area contributed by atoms with Crippen molar-refractivity contribution in [2.45, 2.75) is 48.5 Å². The van der Waals surface area contributed by atoms with E-state index in [0.29, 0.717) is 25.0 Å². The van der Waals surface area contributed by atoms with Crippen molar-refractivity contribution in [1.29, 1.82) is 0 Å². The molecule has 11 heteroatoms. The Balaban J connectivity index is 1.69. The number of nitrogens with zero attached hydrogens (tertiary/aromatic N) is 2. The van der Waals surface area contributed by atoms with E-state index < -0.39 is 45.2 Å². The monoisotopic (exact) mass is 572 g/mol. The molecule has 0 aromatic carbocycles. The lowest BCUT2D eigenvalue weighted by atomic mass is 9.57. The van der Waals surface area contributed by atoms with E-state index in [4.69, 9.17) is 27.6 Å². The highest BCUT2D eigenvalue weighted by molar-refractivity contribution is 9.09. The first-order valence-electron chi connectivity index (χ1n) is 11.2. The fraction of sp³-hybridized carbons (Fsp3) is 0.565. The molecule has 0 bridgehead atoms. The minimum atomic E-state index is -1.89. The second kappa shape index (κ2) is 8.18. The first kappa shape index (κ1) is 24.0. The number of hydrogen-bond acceptors (Lipinski definition) is 6. The fourth-order valence-electron chi connectivity index (χ4n) is 6.21. The zero-order valence-corrected chi connectivity index (χ0v) is 21.4. The number of likely N-dealkylation sites (tertiary alicyclic amines) is 2. The normalized spacial score (nSPS) is 37.1. The third kappa shape index (κ3) is 2.87. The highest BCUT2D eigenvalue weighted by Crippen LogP contribution is 2.65. The zero-order chi connectivity index (χ0) is 24.6. The summed E-state index contributed by atoms with van der Waals surface area (Å²) in [6.07, 6.45) is 2.76. The van der Waals surface area contributed by atoms with Crippen LogP contribution in [0.15, 0.2) is 28.2 Å². The largest absolute Gasteiger partial charge is 0.463 e. The van der Waals surface area contributed by atoms with E-state index in [0.717, 1.165) is 4.90 Å². The minimum Gasteiger partial charge on any atom is -0.463 e. The van der Waals surface area contributed by atoms with E-state index in [-0.39, 0.29) is 41.8 Å². The Bertz CT molecular complexity index is 1140. The Labute approximate surface area is 214 Å². The van der Waals surface area contributed by atoms with E-state index >= 15 is 0 Å². The van der Waals surface area contributed by atoms with Crippen LogP contribution in [-0.4, -0.2) is 60.3 Å². The number of carbonyl (C=O) groups is 4. The van der Waals surface area contributed by atoms with Crippen LogP contribution in [0, 0.1) is 17.8 Å². The molecule has 182 valence electrons. The van der Waals surface area contributed by atoms with Gasteiger partial charge in [0.2, 0.25) is 11.8 Å². The number of aliphatic hydroxyl groups excluding tert-OH is 1.